The van der Waals surface area contributed by atoms with Crippen LogP contribution in [0.1, 0.15) is 22.5 Å². The van der Waals surface area contributed by atoms with E-state index in [0.717, 1.165) is 10.2 Å². The molecule has 0 radical (unpaired) electrons. The van der Waals surface area contributed by atoms with Crippen molar-refractivity contribution in [2.45, 2.75) is 6.43 Å². The SMILES string of the molecule is O=C(c1cnn2c(C(F)F)cc(-c3ccccc3)nc12)N1CCN(c2cccc(Cl)c2)CC1. The van der Waals surface area contributed by atoms with Gasteiger partial charge in [-0.05, 0) is 24.3 Å². The van der Waals surface area contributed by atoms with Gasteiger partial charge in [0, 0.05) is 42.5 Å². The number of alkyl halides is 2. The van der Waals surface area contributed by atoms with Crippen LogP contribution in [0.4, 0.5) is 14.5 Å². The predicted octanol–water partition coefficient (Wildman–Crippen LogP) is 4.95. The highest BCUT2D eigenvalue weighted by atomic mass is 35.5. The molecular formula is C24H20ClF2N5O. The first-order chi connectivity index (χ1) is 16.0. The summed E-state index contributed by atoms with van der Waals surface area (Å²) in [5.74, 6) is -0.270. The zero-order chi connectivity index (χ0) is 22.9. The van der Waals surface area contributed by atoms with Gasteiger partial charge in [0.05, 0.1) is 11.9 Å². The Hall–Kier alpha value is -3.52. The third-order valence-corrected chi connectivity index (χ3v) is 6.00. The van der Waals surface area contributed by atoms with Crippen LogP contribution in [0.3, 0.4) is 0 Å². The molecule has 1 aliphatic rings. The van der Waals surface area contributed by atoms with Gasteiger partial charge in [-0.15, -0.1) is 0 Å². The van der Waals surface area contributed by atoms with Gasteiger partial charge in [-0.3, -0.25) is 4.79 Å². The van der Waals surface area contributed by atoms with Crippen molar-refractivity contribution in [3.8, 4) is 11.3 Å². The van der Waals surface area contributed by atoms with Crippen LogP contribution < -0.4 is 4.90 Å². The van der Waals surface area contributed by atoms with Crippen LogP contribution in [0.5, 0.6) is 0 Å². The Labute approximate surface area is 194 Å². The molecule has 2 aromatic carbocycles. The summed E-state index contributed by atoms with van der Waals surface area (Å²) < 4.78 is 28.6. The van der Waals surface area contributed by atoms with Crippen LogP contribution in [-0.2, 0) is 0 Å². The number of piperazine rings is 1. The molecule has 1 aliphatic heterocycles. The van der Waals surface area contributed by atoms with E-state index in [1.54, 1.807) is 17.0 Å². The van der Waals surface area contributed by atoms with Gasteiger partial charge in [0.15, 0.2) is 5.65 Å². The number of benzene rings is 2. The minimum Gasteiger partial charge on any atom is -0.368 e. The molecule has 1 amide bonds. The topological polar surface area (TPSA) is 53.7 Å². The van der Waals surface area contributed by atoms with E-state index in [9.17, 15) is 13.6 Å². The normalized spacial score (nSPS) is 14.3. The van der Waals surface area contributed by atoms with Crippen LogP contribution in [0.15, 0.2) is 66.9 Å². The first-order valence-electron chi connectivity index (χ1n) is 10.5. The molecule has 0 saturated carbocycles. The Bertz CT molecular complexity index is 1300. The molecule has 33 heavy (non-hydrogen) atoms. The molecule has 1 fully saturated rings. The first-order valence-corrected chi connectivity index (χ1v) is 10.9. The molecule has 0 atom stereocenters. The Morgan fingerprint density at radius 1 is 0.970 bits per heavy atom. The van der Waals surface area contributed by atoms with Crippen LogP contribution in [0, 0.1) is 0 Å². The molecule has 0 aliphatic carbocycles. The lowest BCUT2D eigenvalue weighted by Crippen LogP contribution is -2.48. The number of rotatable bonds is 4. The molecule has 2 aromatic heterocycles. The van der Waals surface area contributed by atoms with E-state index in [1.165, 1.54) is 12.3 Å². The molecule has 9 heteroatoms. The van der Waals surface area contributed by atoms with Crippen molar-refractivity contribution in [3.63, 3.8) is 0 Å². The Kier molecular flexibility index (Phi) is 5.68. The molecule has 4 aromatic rings. The third kappa shape index (κ3) is 4.14. The van der Waals surface area contributed by atoms with E-state index < -0.39 is 6.43 Å². The largest absolute Gasteiger partial charge is 0.368 e. The van der Waals surface area contributed by atoms with Crippen molar-refractivity contribution in [1.82, 2.24) is 19.5 Å². The van der Waals surface area contributed by atoms with E-state index in [1.807, 2.05) is 42.5 Å². The van der Waals surface area contributed by atoms with E-state index in [2.05, 4.69) is 15.0 Å². The molecule has 6 nitrogen and oxygen atoms in total. The number of fused-ring (bicyclic) bond motifs is 1. The summed E-state index contributed by atoms with van der Waals surface area (Å²) in [4.78, 5) is 21.7. The fourth-order valence-corrected chi connectivity index (χ4v) is 4.24. The van der Waals surface area contributed by atoms with Crippen molar-refractivity contribution in [2.24, 2.45) is 0 Å². The number of halogens is 3. The second-order valence-electron chi connectivity index (χ2n) is 7.79. The minimum atomic E-state index is -2.76. The molecule has 168 valence electrons. The number of amides is 1. The van der Waals surface area contributed by atoms with E-state index in [4.69, 9.17) is 11.6 Å². The van der Waals surface area contributed by atoms with Gasteiger partial charge >= 0.3 is 0 Å². The number of nitrogens with zero attached hydrogens (tertiary/aromatic N) is 5. The van der Waals surface area contributed by atoms with E-state index >= 15 is 0 Å². The van der Waals surface area contributed by atoms with Gasteiger partial charge in [-0.25, -0.2) is 18.3 Å². The van der Waals surface area contributed by atoms with Gasteiger partial charge in [-0.2, -0.15) is 5.10 Å². The number of aromatic nitrogens is 3. The molecule has 0 bridgehead atoms. The fraction of sp³-hybridized carbons (Fsp3) is 0.208. The van der Waals surface area contributed by atoms with Crippen LogP contribution in [0.2, 0.25) is 5.02 Å². The molecule has 0 unspecified atom stereocenters. The zero-order valence-corrected chi connectivity index (χ0v) is 18.3. The number of carbonyl (C=O) groups excluding carboxylic acids is 1. The third-order valence-electron chi connectivity index (χ3n) is 5.76. The van der Waals surface area contributed by atoms with Crippen molar-refractivity contribution >= 4 is 28.8 Å². The first kappa shape index (κ1) is 21.3. The van der Waals surface area contributed by atoms with Crippen molar-refractivity contribution in [3.05, 3.63) is 83.1 Å². The maximum absolute atomic E-state index is 13.8. The van der Waals surface area contributed by atoms with Crippen molar-refractivity contribution in [2.75, 3.05) is 31.1 Å². The highest BCUT2D eigenvalue weighted by Crippen LogP contribution is 2.27. The van der Waals surface area contributed by atoms with Gasteiger partial charge in [0.1, 0.15) is 11.3 Å². The standard InChI is InChI=1S/C24H20ClF2N5O/c25-17-7-4-8-18(13-17)30-9-11-31(12-10-30)24(33)19-15-28-32-21(22(26)27)14-20(29-23(19)32)16-5-2-1-3-6-16/h1-8,13-15,22H,9-12H2. The summed E-state index contributed by atoms with van der Waals surface area (Å²) in [6.07, 6.45) is -1.43. The quantitative estimate of drug-likeness (QED) is 0.426. The average Bonchev–Trinajstić information content (AvgIpc) is 3.27. The van der Waals surface area contributed by atoms with Gasteiger partial charge in [0.25, 0.3) is 12.3 Å². The smallest absolute Gasteiger partial charge is 0.280 e. The van der Waals surface area contributed by atoms with E-state index in [0.29, 0.717) is 42.5 Å². The summed E-state index contributed by atoms with van der Waals surface area (Å²) in [5.41, 5.74) is 2.11. The van der Waals surface area contributed by atoms with Gasteiger partial charge in [0.2, 0.25) is 0 Å². The molecular weight excluding hydrogens is 448 g/mol. The summed E-state index contributed by atoms with van der Waals surface area (Å²) in [6, 6.07) is 18.0. The molecule has 1 saturated heterocycles. The monoisotopic (exact) mass is 467 g/mol. The van der Waals surface area contributed by atoms with Crippen LogP contribution in [-0.4, -0.2) is 51.6 Å². The lowest BCUT2D eigenvalue weighted by molar-refractivity contribution is 0.0748. The predicted molar refractivity (Wildman–Crippen MR) is 123 cm³/mol. The van der Waals surface area contributed by atoms with Crippen molar-refractivity contribution in [1.29, 1.82) is 0 Å². The highest BCUT2D eigenvalue weighted by molar-refractivity contribution is 6.30. The van der Waals surface area contributed by atoms with Crippen molar-refractivity contribution < 1.29 is 13.6 Å². The highest BCUT2D eigenvalue weighted by Gasteiger charge is 2.27. The number of hydrogen-bond acceptors (Lipinski definition) is 4. The van der Waals surface area contributed by atoms with Gasteiger partial charge < -0.3 is 9.80 Å². The second kappa shape index (κ2) is 8.78. The number of anilines is 1. The molecule has 0 N–H and O–H groups in total. The second-order valence-corrected chi connectivity index (χ2v) is 8.22. The molecule has 0 spiro atoms. The lowest BCUT2D eigenvalue weighted by Gasteiger charge is -2.36. The number of carbonyl (C=O) groups is 1. The Morgan fingerprint density at radius 3 is 2.42 bits per heavy atom. The Balaban J connectivity index is 1.44. The number of hydrogen-bond donors (Lipinski definition) is 0. The van der Waals surface area contributed by atoms with Gasteiger partial charge in [-0.1, -0.05) is 48.0 Å². The fourth-order valence-electron chi connectivity index (χ4n) is 4.06. The molecule has 3 heterocycles. The lowest BCUT2D eigenvalue weighted by atomic mass is 10.1. The maximum atomic E-state index is 13.8. The van der Waals surface area contributed by atoms with Crippen LogP contribution >= 0.6 is 11.6 Å². The zero-order valence-electron chi connectivity index (χ0n) is 17.5. The van der Waals surface area contributed by atoms with E-state index in [-0.39, 0.29) is 22.8 Å². The average molecular weight is 468 g/mol. The maximum Gasteiger partial charge on any atom is 0.280 e. The molecule has 5 rings (SSSR count). The summed E-state index contributed by atoms with van der Waals surface area (Å²) in [7, 11) is 0. The summed E-state index contributed by atoms with van der Waals surface area (Å²) >= 11 is 6.10. The summed E-state index contributed by atoms with van der Waals surface area (Å²) in [5, 5.41) is 4.72. The van der Waals surface area contributed by atoms with Crippen LogP contribution in [0.25, 0.3) is 16.9 Å². The Morgan fingerprint density at radius 2 is 1.73 bits per heavy atom. The minimum absolute atomic E-state index is 0.133. The summed E-state index contributed by atoms with van der Waals surface area (Å²) in [6.45, 7) is 2.25.